The standard InChI is InChI=1S/C18H28N4O/c1-6-7-8-9-19-18(23)14-10-16(12(2)3)21-17-15(14)11-20-22(17)13(4)5/h10-13H,6-9H2,1-5H3,(H,19,23). The number of rotatable bonds is 7. The molecule has 0 aliphatic carbocycles. The number of carbonyl (C=O) groups excluding carboxylic acids is 1. The Balaban J connectivity index is 2.39. The fraction of sp³-hybridized carbons (Fsp3) is 0.611. The van der Waals surface area contributed by atoms with Crippen LogP contribution in [0.3, 0.4) is 0 Å². The Kier molecular flexibility index (Phi) is 5.74. The van der Waals surface area contributed by atoms with Gasteiger partial charge in [0.15, 0.2) is 5.65 Å². The number of nitrogens with one attached hydrogen (secondary N) is 1. The van der Waals surface area contributed by atoms with Crippen LogP contribution in [0.4, 0.5) is 0 Å². The second-order valence-corrected chi connectivity index (χ2v) is 6.63. The van der Waals surface area contributed by atoms with Crippen molar-refractivity contribution in [3.05, 3.63) is 23.5 Å². The maximum absolute atomic E-state index is 12.6. The summed E-state index contributed by atoms with van der Waals surface area (Å²) in [5, 5.41) is 8.28. The molecule has 0 fully saturated rings. The smallest absolute Gasteiger partial charge is 0.252 e. The number of amides is 1. The molecule has 5 heteroatoms. The highest BCUT2D eigenvalue weighted by atomic mass is 16.1. The van der Waals surface area contributed by atoms with Crippen molar-refractivity contribution in [2.45, 2.75) is 65.8 Å². The summed E-state index contributed by atoms with van der Waals surface area (Å²) in [7, 11) is 0. The Bertz CT molecular complexity index is 673. The van der Waals surface area contributed by atoms with E-state index in [0.29, 0.717) is 12.1 Å². The van der Waals surface area contributed by atoms with E-state index in [0.717, 1.165) is 36.0 Å². The molecule has 2 aromatic rings. The highest BCUT2D eigenvalue weighted by Crippen LogP contribution is 2.24. The van der Waals surface area contributed by atoms with Gasteiger partial charge in [0.05, 0.1) is 17.1 Å². The summed E-state index contributed by atoms with van der Waals surface area (Å²) >= 11 is 0. The van der Waals surface area contributed by atoms with Gasteiger partial charge in [0.25, 0.3) is 5.91 Å². The van der Waals surface area contributed by atoms with E-state index in [2.05, 4.69) is 45.0 Å². The molecular weight excluding hydrogens is 288 g/mol. The number of nitrogens with zero attached hydrogens (tertiary/aromatic N) is 3. The third-order valence-electron chi connectivity index (χ3n) is 3.98. The zero-order chi connectivity index (χ0) is 17.0. The molecular formula is C18H28N4O. The van der Waals surface area contributed by atoms with Crippen molar-refractivity contribution in [3.63, 3.8) is 0 Å². The number of fused-ring (bicyclic) bond motifs is 1. The molecule has 0 saturated carbocycles. The summed E-state index contributed by atoms with van der Waals surface area (Å²) in [6, 6.07) is 2.12. The lowest BCUT2D eigenvalue weighted by molar-refractivity contribution is 0.0954. The molecule has 0 aliphatic rings. The van der Waals surface area contributed by atoms with E-state index in [4.69, 9.17) is 4.98 Å². The second-order valence-electron chi connectivity index (χ2n) is 6.63. The first-order chi connectivity index (χ1) is 11.0. The van der Waals surface area contributed by atoms with Gasteiger partial charge in [-0.05, 0) is 32.3 Å². The monoisotopic (exact) mass is 316 g/mol. The molecule has 0 bridgehead atoms. The summed E-state index contributed by atoms with van der Waals surface area (Å²) in [6.45, 7) is 11.2. The fourth-order valence-corrected chi connectivity index (χ4v) is 2.57. The maximum Gasteiger partial charge on any atom is 0.252 e. The Morgan fingerprint density at radius 1 is 1.26 bits per heavy atom. The zero-order valence-electron chi connectivity index (χ0n) is 14.9. The summed E-state index contributed by atoms with van der Waals surface area (Å²) in [5.74, 6) is 0.236. The number of pyridine rings is 1. The van der Waals surface area contributed by atoms with Gasteiger partial charge >= 0.3 is 0 Å². The van der Waals surface area contributed by atoms with Gasteiger partial charge in [-0.15, -0.1) is 0 Å². The van der Waals surface area contributed by atoms with E-state index in [1.54, 1.807) is 6.20 Å². The molecule has 1 N–H and O–H groups in total. The van der Waals surface area contributed by atoms with Crippen LogP contribution in [-0.2, 0) is 0 Å². The summed E-state index contributed by atoms with van der Waals surface area (Å²) < 4.78 is 1.88. The molecule has 2 rings (SSSR count). The normalized spacial score (nSPS) is 11.6. The first-order valence-electron chi connectivity index (χ1n) is 8.62. The zero-order valence-corrected chi connectivity index (χ0v) is 14.9. The minimum Gasteiger partial charge on any atom is -0.352 e. The van der Waals surface area contributed by atoms with Crippen LogP contribution in [-0.4, -0.2) is 27.2 Å². The van der Waals surface area contributed by atoms with Gasteiger partial charge in [-0.2, -0.15) is 5.10 Å². The van der Waals surface area contributed by atoms with Crippen molar-refractivity contribution in [2.24, 2.45) is 0 Å². The second kappa shape index (κ2) is 7.57. The lowest BCUT2D eigenvalue weighted by atomic mass is 10.0. The van der Waals surface area contributed by atoms with Crippen molar-refractivity contribution in [2.75, 3.05) is 6.54 Å². The van der Waals surface area contributed by atoms with Crippen molar-refractivity contribution in [1.82, 2.24) is 20.1 Å². The topological polar surface area (TPSA) is 59.8 Å². The van der Waals surface area contributed by atoms with Crippen molar-refractivity contribution < 1.29 is 4.79 Å². The van der Waals surface area contributed by atoms with Gasteiger partial charge in [0.2, 0.25) is 0 Å². The van der Waals surface area contributed by atoms with Crippen LogP contribution in [0.1, 0.15) is 81.9 Å². The van der Waals surface area contributed by atoms with Crippen LogP contribution in [0.25, 0.3) is 11.0 Å². The number of carbonyl (C=O) groups is 1. The van der Waals surface area contributed by atoms with Gasteiger partial charge < -0.3 is 5.32 Å². The van der Waals surface area contributed by atoms with E-state index in [9.17, 15) is 4.79 Å². The van der Waals surface area contributed by atoms with Gasteiger partial charge in [0, 0.05) is 18.3 Å². The van der Waals surface area contributed by atoms with Crippen molar-refractivity contribution in [3.8, 4) is 0 Å². The SMILES string of the molecule is CCCCCNC(=O)c1cc(C(C)C)nc2c1cnn2C(C)C. The molecule has 0 spiro atoms. The van der Waals surface area contributed by atoms with E-state index >= 15 is 0 Å². The minimum absolute atomic E-state index is 0.0290. The van der Waals surface area contributed by atoms with Crippen LogP contribution in [0, 0.1) is 0 Å². The molecule has 5 nitrogen and oxygen atoms in total. The van der Waals surface area contributed by atoms with Crippen LogP contribution < -0.4 is 5.32 Å². The van der Waals surface area contributed by atoms with Crippen molar-refractivity contribution in [1.29, 1.82) is 0 Å². The Morgan fingerprint density at radius 3 is 2.61 bits per heavy atom. The molecule has 126 valence electrons. The lowest BCUT2D eigenvalue weighted by Crippen LogP contribution is -2.25. The molecule has 1 amide bonds. The molecule has 0 unspecified atom stereocenters. The van der Waals surface area contributed by atoms with Gasteiger partial charge in [0.1, 0.15) is 0 Å². The maximum atomic E-state index is 12.6. The molecule has 23 heavy (non-hydrogen) atoms. The molecule has 0 atom stereocenters. The van der Waals surface area contributed by atoms with Gasteiger partial charge in [-0.1, -0.05) is 33.6 Å². The number of aromatic nitrogens is 3. The molecule has 2 heterocycles. The van der Waals surface area contributed by atoms with E-state index in [1.165, 1.54) is 0 Å². The van der Waals surface area contributed by atoms with E-state index in [1.807, 2.05) is 10.7 Å². The molecule has 0 aromatic carbocycles. The van der Waals surface area contributed by atoms with Crippen LogP contribution in [0.15, 0.2) is 12.3 Å². The third kappa shape index (κ3) is 3.89. The van der Waals surface area contributed by atoms with Gasteiger partial charge in [-0.25, -0.2) is 9.67 Å². The molecule has 0 radical (unpaired) electrons. The first kappa shape index (κ1) is 17.4. The summed E-state index contributed by atoms with van der Waals surface area (Å²) in [6.07, 6.45) is 5.05. The Morgan fingerprint density at radius 2 is 2.00 bits per heavy atom. The molecule has 0 aliphatic heterocycles. The summed E-state index contributed by atoms with van der Waals surface area (Å²) in [4.78, 5) is 17.3. The predicted octanol–water partition coefficient (Wildman–Crippen LogP) is 4.06. The predicted molar refractivity (Wildman–Crippen MR) is 93.9 cm³/mol. The number of hydrogen-bond donors (Lipinski definition) is 1. The van der Waals surface area contributed by atoms with Crippen LogP contribution in [0.2, 0.25) is 0 Å². The minimum atomic E-state index is -0.0290. The van der Waals surface area contributed by atoms with Crippen LogP contribution in [0.5, 0.6) is 0 Å². The molecule has 2 aromatic heterocycles. The third-order valence-corrected chi connectivity index (χ3v) is 3.98. The van der Waals surface area contributed by atoms with Crippen LogP contribution >= 0.6 is 0 Å². The van der Waals surface area contributed by atoms with E-state index in [-0.39, 0.29) is 17.9 Å². The Labute approximate surface area is 138 Å². The number of unbranched alkanes of at least 4 members (excludes halogenated alkanes) is 2. The lowest BCUT2D eigenvalue weighted by Gasteiger charge is -2.12. The quantitative estimate of drug-likeness (QED) is 0.784. The largest absolute Gasteiger partial charge is 0.352 e. The Hall–Kier alpha value is -1.91. The highest BCUT2D eigenvalue weighted by molar-refractivity contribution is 6.05. The highest BCUT2D eigenvalue weighted by Gasteiger charge is 2.18. The fourth-order valence-electron chi connectivity index (χ4n) is 2.57. The number of hydrogen-bond acceptors (Lipinski definition) is 3. The average molecular weight is 316 g/mol. The first-order valence-corrected chi connectivity index (χ1v) is 8.62. The van der Waals surface area contributed by atoms with Gasteiger partial charge in [-0.3, -0.25) is 4.79 Å². The average Bonchev–Trinajstić information content (AvgIpc) is 2.94. The van der Waals surface area contributed by atoms with E-state index < -0.39 is 0 Å². The molecule has 0 saturated heterocycles. The van der Waals surface area contributed by atoms with Crippen molar-refractivity contribution >= 4 is 16.9 Å². The summed E-state index contributed by atoms with van der Waals surface area (Å²) in [5.41, 5.74) is 2.41.